The van der Waals surface area contributed by atoms with Crippen molar-refractivity contribution in [2.24, 2.45) is 11.8 Å². The molecule has 0 aliphatic carbocycles. The van der Waals surface area contributed by atoms with Gasteiger partial charge in [-0.3, -0.25) is 4.79 Å². The molecule has 14 heavy (non-hydrogen) atoms. The van der Waals surface area contributed by atoms with Crippen LogP contribution in [-0.4, -0.2) is 17.5 Å². The van der Waals surface area contributed by atoms with Crippen LogP contribution in [0.25, 0.3) is 0 Å². The average molecular weight is 200 g/mol. The molecule has 0 saturated carbocycles. The Kier molecular flexibility index (Phi) is 7.77. The molecule has 0 rings (SSSR count). The van der Waals surface area contributed by atoms with Gasteiger partial charge in [0.2, 0.25) is 0 Å². The maximum absolute atomic E-state index is 11.7. The zero-order valence-corrected chi connectivity index (χ0v) is 9.75. The van der Waals surface area contributed by atoms with Gasteiger partial charge in [0.15, 0.2) is 0 Å². The van der Waals surface area contributed by atoms with Crippen LogP contribution in [0.3, 0.4) is 0 Å². The topological polar surface area (TPSA) is 37.3 Å². The van der Waals surface area contributed by atoms with Crippen molar-refractivity contribution >= 4 is 5.78 Å². The van der Waals surface area contributed by atoms with Crippen molar-refractivity contribution in [3.8, 4) is 0 Å². The van der Waals surface area contributed by atoms with Crippen molar-refractivity contribution in [3.05, 3.63) is 0 Å². The second kappa shape index (κ2) is 7.98. The molecule has 1 N–H and O–H groups in total. The maximum Gasteiger partial charge on any atom is 0.138 e. The quantitative estimate of drug-likeness (QED) is 0.612. The van der Waals surface area contributed by atoms with Crippen LogP contribution in [0.5, 0.6) is 0 Å². The third-order valence-electron chi connectivity index (χ3n) is 2.61. The molecule has 2 heteroatoms. The molecule has 0 aromatic rings. The van der Waals surface area contributed by atoms with Crippen molar-refractivity contribution in [3.63, 3.8) is 0 Å². The first kappa shape index (κ1) is 13.6. The number of unbranched alkanes of at least 4 members (excludes halogenated alkanes) is 2. The van der Waals surface area contributed by atoms with E-state index in [1.54, 1.807) is 0 Å². The smallest absolute Gasteiger partial charge is 0.138 e. The summed E-state index contributed by atoms with van der Waals surface area (Å²) < 4.78 is 0. The largest absolute Gasteiger partial charge is 0.396 e. The van der Waals surface area contributed by atoms with Crippen LogP contribution in [-0.2, 0) is 4.79 Å². The number of aliphatic hydroxyl groups is 1. The highest BCUT2D eigenvalue weighted by Crippen LogP contribution is 2.18. The summed E-state index contributed by atoms with van der Waals surface area (Å²) in [5, 5.41) is 8.87. The van der Waals surface area contributed by atoms with Gasteiger partial charge in [0.05, 0.1) is 0 Å². The standard InChI is InChI=1S/C12H24O2/c1-4-5-6-7-11(8-9-13)12(14)10(2)3/h10-11,13H,4-9H2,1-3H3. The summed E-state index contributed by atoms with van der Waals surface area (Å²) in [5.74, 6) is 0.509. The summed E-state index contributed by atoms with van der Waals surface area (Å²) >= 11 is 0. The Morgan fingerprint density at radius 3 is 2.29 bits per heavy atom. The predicted octanol–water partition coefficient (Wildman–Crippen LogP) is 2.79. The lowest BCUT2D eigenvalue weighted by Crippen LogP contribution is -2.21. The van der Waals surface area contributed by atoms with Gasteiger partial charge < -0.3 is 5.11 Å². The van der Waals surface area contributed by atoms with Gasteiger partial charge in [0.25, 0.3) is 0 Å². The van der Waals surface area contributed by atoms with Crippen molar-refractivity contribution in [1.29, 1.82) is 0 Å². The maximum atomic E-state index is 11.7. The predicted molar refractivity (Wildman–Crippen MR) is 59.2 cm³/mol. The molecule has 0 heterocycles. The van der Waals surface area contributed by atoms with E-state index in [9.17, 15) is 4.79 Å². The number of aliphatic hydroxyl groups excluding tert-OH is 1. The van der Waals surface area contributed by atoms with E-state index in [0.717, 1.165) is 12.8 Å². The Hall–Kier alpha value is -0.370. The number of rotatable bonds is 8. The molecule has 84 valence electrons. The number of ketones is 1. The number of carbonyl (C=O) groups excluding carboxylic acids is 1. The molecule has 1 atom stereocenters. The highest BCUT2D eigenvalue weighted by Gasteiger charge is 2.19. The molecule has 1 unspecified atom stereocenters. The van der Waals surface area contributed by atoms with Crippen molar-refractivity contribution in [2.75, 3.05) is 6.61 Å². The lowest BCUT2D eigenvalue weighted by molar-refractivity contribution is -0.126. The lowest BCUT2D eigenvalue weighted by Gasteiger charge is -2.16. The van der Waals surface area contributed by atoms with Gasteiger partial charge in [-0.25, -0.2) is 0 Å². The monoisotopic (exact) mass is 200 g/mol. The summed E-state index contributed by atoms with van der Waals surface area (Å²) in [7, 11) is 0. The van der Waals surface area contributed by atoms with Crippen molar-refractivity contribution < 1.29 is 9.90 Å². The van der Waals surface area contributed by atoms with Gasteiger partial charge >= 0.3 is 0 Å². The first-order valence-electron chi connectivity index (χ1n) is 5.78. The van der Waals surface area contributed by atoms with E-state index >= 15 is 0 Å². The minimum absolute atomic E-state index is 0.0894. The molecule has 0 amide bonds. The fraction of sp³-hybridized carbons (Fsp3) is 0.917. The highest BCUT2D eigenvalue weighted by molar-refractivity contribution is 5.82. The minimum atomic E-state index is 0.0894. The van der Waals surface area contributed by atoms with E-state index in [1.165, 1.54) is 12.8 Å². The first-order chi connectivity index (χ1) is 6.63. The van der Waals surface area contributed by atoms with Gasteiger partial charge in [-0.1, -0.05) is 40.0 Å². The summed E-state index contributed by atoms with van der Waals surface area (Å²) in [6.07, 6.45) is 5.07. The fourth-order valence-electron chi connectivity index (χ4n) is 1.70. The van der Waals surface area contributed by atoms with Gasteiger partial charge in [0, 0.05) is 18.4 Å². The van der Waals surface area contributed by atoms with Crippen LogP contribution in [0.1, 0.15) is 52.9 Å². The summed E-state index contributed by atoms with van der Waals surface area (Å²) in [6.45, 7) is 6.17. The van der Waals surface area contributed by atoms with Gasteiger partial charge in [-0.05, 0) is 12.8 Å². The van der Waals surface area contributed by atoms with Crippen LogP contribution in [0.15, 0.2) is 0 Å². The molecule has 0 spiro atoms. The summed E-state index contributed by atoms with van der Waals surface area (Å²) in [4.78, 5) is 11.7. The number of hydrogen-bond donors (Lipinski definition) is 1. The van der Waals surface area contributed by atoms with Gasteiger partial charge in [0.1, 0.15) is 5.78 Å². The van der Waals surface area contributed by atoms with Crippen molar-refractivity contribution in [1.82, 2.24) is 0 Å². The van der Waals surface area contributed by atoms with E-state index in [0.29, 0.717) is 12.2 Å². The third-order valence-corrected chi connectivity index (χ3v) is 2.61. The molecule has 0 saturated heterocycles. The fourth-order valence-corrected chi connectivity index (χ4v) is 1.70. The molecule has 0 aromatic heterocycles. The Balaban J connectivity index is 3.94. The summed E-state index contributed by atoms with van der Waals surface area (Å²) in [5.41, 5.74) is 0. The zero-order valence-electron chi connectivity index (χ0n) is 9.75. The number of carbonyl (C=O) groups is 1. The first-order valence-corrected chi connectivity index (χ1v) is 5.78. The van der Waals surface area contributed by atoms with Gasteiger partial charge in [-0.2, -0.15) is 0 Å². The molecule has 0 aliphatic heterocycles. The Morgan fingerprint density at radius 2 is 1.86 bits per heavy atom. The second-order valence-corrected chi connectivity index (χ2v) is 4.26. The molecular formula is C12H24O2. The Labute approximate surface area is 87.7 Å². The zero-order chi connectivity index (χ0) is 11.0. The molecule has 0 aromatic carbocycles. The van der Waals surface area contributed by atoms with Crippen LogP contribution in [0, 0.1) is 11.8 Å². The molecule has 0 radical (unpaired) electrons. The van der Waals surface area contributed by atoms with Crippen LogP contribution < -0.4 is 0 Å². The molecule has 0 aliphatic rings. The minimum Gasteiger partial charge on any atom is -0.396 e. The second-order valence-electron chi connectivity index (χ2n) is 4.26. The Bertz CT molecular complexity index is 152. The highest BCUT2D eigenvalue weighted by atomic mass is 16.3. The lowest BCUT2D eigenvalue weighted by atomic mass is 9.88. The van der Waals surface area contributed by atoms with Gasteiger partial charge in [-0.15, -0.1) is 0 Å². The van der Waals surface area contributed by atoms with Crippen molar-refractivity contribution in [2.45, 2.75) is 52.9 Å². The third kappa shape index (κ3) is 5.38. The summed E-state index contributed by atoms with van der Waals surface area (Å²) in [6, 6.07) is 0. The molecule has 0 bridgehead atoms. The number of hydrogen-bond acceptors (Lipinski definition) is 2. The van der Waals surface area contributed by atoms with E-state index in [4.69, 9.17) is 5.11 Å². The van der Waals surface area contributed by atoms with E-state index in [2.05, 4.69) is 6.92 Å². The molecule has 0 fully saturated rings. The SMILES string of the molecule is CCCCCC(CCO)C(=O)C(C)C. The van der Waals surface area contributed by atoms with E-state index < -0.39 is 0 Å². The van der Waals surface area contributed by atoms with E-state index in [-0.39, 0.29) is 18.4 Å². The van der Waals surface area contributed by atoms with Crippen LogP contribution in [0.2, 0.25) is 0 Å². The molecule has 2 nitrogen and oxygen atoms in total. The molecular weight excluding hydrogens is 176 g/mol. The average Bonchev–Trinajstić information content (AvgIpc) is 2.15. The Morgan fingerprint density at radius 1 is 1.21 bits per heavy atom. The van der Waals surface area contributed by atoms with E-state index in [1.807, 2.05) is 13.8 Å². The number of Topliss-reactive ketones (excluding diaryl/α,β-unsaturated/α-hetero) is 1. The van der Waals surface area contributed by atoms with Crippen LogP contribution in [0.4, 0.5) is 0 Å². The van der Waals surface area contributed by atoms with Crippen LogP contribution >= 0.6 is 0 Å². The normalized spacial score (nSPS) is 13.2.